The molecule has 86 heavy (non-hydrogen) atoms. The number of fused-ring (bicyclic) bond motifs is 6. The molecule has 4 aromatic heterocycles. The predicted octanol–water partition coefficient (Wildman–Crippen LogP) is 19.3. The molecular formula is C77H70N8O. The summed E-state index contributed by atoms with van der Waals surface area (Å²) >= 11 is 0. The molecule has 0 saturated heterocycles. The molecule has 14 rings (SSSR count). The molecule has 0 aliphatic heterocycles. The van der Waals surface area contributed by atoms with E-state index in [1.165, 1.54) is 61.2 Å². The summed E-state index contributed by atoms with van der Waals surface area (Å²) in [5.41, 5.74) is 18.6. The van der Waals surface area contributed by atoms with Crippen LogP contribution in [0.25, 0.3) is 22.3 Å². The Morgan fingerprint density at radius 1 is 0.326 bits per heavy atom. The van der Waals surface area contributed by atoms with Crippen molar-refractivity contribution in [3.05, 3.63) is 331 Å². The van der Waals surface area contributed by atoms with Crippen molar-refractivity contribution >= 4 is 46.0 Å². The molecule has 2 aliphatic rings. The van der Waals surface area contributed by atoms with Gasteiger partial charge in [0.05, 0.1) is 12.5 Å². The molecule has 0 bridgehead atoms. The van der Waals surface area contributed by atoms with Crippen LogP contribution in [0.1, 0.15) is 73.6 Å². The van der Waals surface area contributed by atoms with E-state index in [0.717, 1.165) is 51.8 Å². The van der Waals surface area contributed by atoms with Gasteiger partial charge in [-0.25, -0.2) is 19.9 Å². The summed E-state index contributed by atoms with van der Waals surface area (Å²) in [5, 5.41) is 13.3. The summed E-state index contributed by atoms with van der Waals surface area (Å²) in [7, 11) is 1.65. The molecule has 9 nitrogen and oxygen atoms in total. The number of rotatable bonds is 11. The zero-order valence-corrected chi connectivity index (χ0v) is 49.4. The highest BCUT2D eigenvalue weighted by atomic mass is 16.5. The lowest BCUT2D eigenvalue weighted by atomic mass is 9.67. The van der Waals surface area contributed by atoms with Gasteiger partial charge >= 0.3 is 0 Å². The zero-order chi connectivity index (χ0) is 59.4. The van der Waals surface area contributed by atoms with Gasteiger partial charge in [-0.15, -0.1) is 0 Å². The third kappa shape index (κ3) is 12.8. The molecule has 0 saturated carbocycles. The number of hydrogen-bond donors (Lipinski definition) is 4. The number of ether oxygens (including phenoxy) is 1. The normalized spacial score (nSPS) is 12.5. The lowest BCUT2D eigenvalue weighted by Gasteiger charge is -2.34. The number of nitrogens with one attached hydrogen (secondary N) is 4. The van der Waals surface area contributed by atoms with E-state index < -0.39 is 0 Å². The van der Waals surface area contributed by atoms with Crippen molar-refractivity contribution in [3.63, 3.8) is 0 Å². The Balaban J connectivity index is 0.000000125. The molecule has 4 N–H and O–H groups in total. The van der Waals surface area contributed by atoms with Gasteiger partial charge in [-0.1, -0.05) is 192 Å². The minimum absolute atomic E-state index is 0.0354. The van der Waals surface area contributed by atoms with Crippen LogP contribution < -0.4 is 26.0 Å². The maximum Gasteiger partial charge on any atom is 0.130 e. The summed E-state index contributed by atoms with van der Waals surface area (Å²) in [6.07, 6.45) is 7.15. The van der Waals surface area contributed by atoms with Crippen LogP contribution in [-0.4, -0.2) is 27.0 Å². The Morgan fingerprint density at radius 3 is 1.10 bits per heavy atom. The Labute approximate surface area is 506 Å². The highest BCUT2D eigenvalue weighted by molar-refractivity contribution is 5.88. The van der Waals surface area contributed by atoms with Crippen molar-refractivity contribution in [1.29, 1.82) is 0 Å². The topological polar surface area (TPSA) is 109 Å². The number of benzene rings is 8. The minimum atomic E-state index is -0.379. The molecule has 4 heterocycles. The van der Waals surface area contributed by atoms with Crippen LogP contribution in [0, 0.1) is 0 Å². The van der Waals surface area contributed by atoms with Gasteiger partial charge < -0.3 is 26.0 Å². The van der Waals surface area contributed by atoms with Gasteiger partial charge in [0.25, 0.3) is 0 Å². The van der Waals surface area contributed by atoms with E-state index in [1.54, 1.807) is 25.7 Å². The lowest BCUT2D eigenvalue weighted by Crippen LogP contribution is -2.28. The van der Waals surface area contributed by atoms with Gasteiger partial charge in [0.1, 0.15) is 29.0 Å². The van der Waals surface area contributed by atoms with Gasteiger partial charge in [0.2, 0.25) is 0 Å². The van der Waals surface area contributed by atoms with Crippen molar-refractivity contribution in [2.45, 2.75) is 50.9 Å². The average Bonchev–Trinajstić information content (AvgIpc) is 1.73. The largest absolute Gasteiger partial charge is 0.497 e. The first-order valence-electron chi connectivity index (χ1n) is 29.0. The summed E-state index contributed by atoms with van der Waals surface area (Å²) in [5.74, 6) is 4.27. The maximum atomic E-state index is 5.08. The Morgan fingerprint density at radius 2 is 0.674 bits per heavy atom. The molecule has 0 spiro atoms. The quantitative estimate of drug-likeness (QED) is 0.101. The Hall–Kier alpha value is -10.6. The second-order valence-corrected chi connectivity index (χ2v) is 22.6. The molecule has 9 heteroatoms. The number of anilines is 8. The van der Waals surface area contributed by atoms with E-state index in [2.05, 4.69) is 246 Å². The van der Waals surface area contributed by atoms with Crippen LogP contribution >= 0.6 is 0 Å². The monoisotopic (exact) mass is 1120 g/mol. The first-order valence-corrected chi connectivity index (χ1v) is 29.0. The van der Waals surface area contributed by atoms with Crippen LogP contribution in [0.4, 0.5) is 46.0 Å². The summed E-state index contributed by atoms with van der Waals surface area (Å²) < 4.78 is 5.08. The van der Waals surface area contributed by atoms with Crippen LogP contribution in [0.5, 0.6) is 5.75 Å². The number of nitrogens with zero attached hydrogens (tertiary/aromatic N) is 4. The molecule has 0 atom stereocenters. The lowest BCUT2D eigenvalue weighted by molar-refractivity contribution is 0.415. The fraction of sp³-hybridized carbons (Fsp3) is 0.117. The van der Waals surface area contributed by atoms with Gasteiger partial charge in [-0.05, 0) is 176 Å². The zero-order valence-electron chi connectivity index (χ0n) is 49.4. The van der Waals surface area contributed by atoms with Crippen molar-refractivity contribution in [1.82, 2.24) is 19.9 Å². The second kappa shape index (κ2) is 25.9. The summed E-state index contributed by atoms with van der Waals surface area (Å²) in [6, 6.07) is 92.1. The molecule has 424 valence electrons. The molecule has 0 unspecified atom stereocenters. The highest BCUT2D eigenvalue weighted by Crippen LogP contribution is 2.57. The summed E-state index contributed by atoms with van der Waals surface area (Å²) in [6.45, 7) is 11.2. The van der Waals surface area contributed by atoms with E-state index >= 15 is 0 Å². The first-order chi connectivity index (χ1) is 42.0. The fourth-order valence-electron chi connectivity index (χ4n) is 11.4. The van der Waals surface area contributed by atoms with Crippen molar-refractivity contribution in [3.8, 4) is 28.0 Å². The number of methoxy groups -OCH3 is 1. The van der Waals surface area contributed by atoms with E-state index in [9.17, 15) is 0 Å². The van der Waals surface area contributed by atoms with Gasteiger partial charge in [-0.2, -0.15) is 0 Å². The second-order valence-electron chi connectivity index (χ2n) is 22.6. The average molecular weight is 1120 g/mol. The van der Waals surface area contributed by atoms with E-state index in [-0.39, 0.29) is 16.2 Å². The number of pyridine rings is 4. The first kappa shape index (κ1) is 57.2. The standard InChI is InChI=1S/C30H22N2.C20H18N2.C15H18N2.C12H12N2O/c1-3-11-22(12-4-1)30(23-13-5-2-6-14-23)27-16-8-7-15-25(27)26-19-18-24(21-28(26)30)32-29-17-9-10-20-31-29;1-20(2)17-8-4-3-7-15(17)16-11-10-14(13-18(16)20)22-19-9-5-6-12-21-19;1-15(2,3)12-7-9-13(10-8-12)17-14-6-4-5-11-16-14;1-15-11-7-5-10(6-8-11)14-12-4-2-3-9-13-12/h1-21H,(H,31,32);3-13H,1-2H3,(H,21,22);4-11H,1-3H3,(H,16,17);2-9H,1H3,(H,13,14). The smallest absolute Gasteiger partial charge is 0.130 e. The Bertz CT molecular complexity index is 4080. The fourth-order valence-corrected chi connectivity index (χ4v) is 11.4. The molecule has 0 fully saturated rings. The Kier molecular flexibility index (Phi) is 17.2. The van der Waals surface area contributed by atoms with Gasteiger partial charge in [-0.3, -0.25) is 0 Å². The molecule has 0 amide bonds. The minimum Gasteiger partial charge on any atom is -0.497 e. The molecule has 0 radical (unpaired) electrons. The van der Waals surface area contributed by atoms with Crippen LogP contribution in [0.2, 0.25) is 0 Å². The molecular weight excluding hydrogens is 1050 g/mol. The van der Waals surface area contributed by atoms with E-state index in [0.29, 0.717) is 0 Å². The maximum absolute atomic E-state index is 5.08. The number of hydrogen-bond acceptors (Lipinski definition) is 9. The van der Waals surface area contributed by atoms with Gasteiger partial charge in [0, 0.05) is 53.0 Å². The molecule has 8 aromatic carbocycles. The van der Waals surface area contributed by atoms with E-state index in [4.69, 9.17) is 4.74 Å². The van der Waals surface area contributed by atoms with Crippen molar-refractivity contribution in [2.24, 2.45) is 0 Å². The third-order valence-electron chi connectivity index (χ3n) is 15.6. The van der Waals surface area contributed by atoms with E-state index in [1.807, 2.05) is 103 Å². The molecule has 12 aromatic rings. The van der Waals surface area contributed by atoms with Gasteiger partial charge in [0.15, 0.2) is 0 Å². The highest BCUT2D eigenvalue weighted by Gasteiger charge is 2.46. The van der Waals surface area contributed by atoms with Crippen molar-refractivity contribution in [2.75, 3.05) is 28.4 Å². The van der Waals surface area contributed by atoms with Crippen LogP contribution in [0.15, 0.2) is 292 Å². The third-order valence-corrected chi connectivity index (χ3v) is 15.6. The SMILES string of the molecule is CC(C)(C)c1ccc(Nc2ccccn2)cc1.CC1(C)c2ccccc2-c2ccc(Nc3ccccn3)cc21.COc1ccc(Nc2ccccn2)cc1.c1ccc(C2(c3ccccc3)c3ccccc3-c3ccc(Nc4ccccn4)cc32)cc1. The summed E-state index contributed by atoms with van der Waals surface area (Å²) in [4.78, 5) is 17.2. The predicted molar refractivity (Wildman–Crippen MR) is 356 cm³/mol. The van der Waals surface area contributed by atoms with Crippen LogP contribution in [0.3, 0.4) is 0 Å². The molecule has 2 aliphatic carbocycles. The van der Waals surface area contributed by atoms with Crippen LogP contribution in [-0.2, 0) is 16.2 Å². The number of aromatic nitrogens is 4. The van der Waals surface area contributed by atoms with Crippen molar-refractivity contribution < 1.29 is 4.74 Å².